The van der Waals surface area contributed by atoms with Gasteiger partial charge in [-0.15, -0.1) is 0 Å². The number of benzene rings is 3. The highest BCUT2D eigenvalue weighted by Gasteiger charge is 2.16. The molecule has 12 heteroatoms. The average Bonchev–Trinajstić information content (AvgIpc) is 3.29. The number of hydrogen-bond acceptors (Lipinski definition) is 7. The van der Waals surface area contributed by atoms with Crippen molar-refractivity contribution in [2.75, 3.05) is 6.61 Å². The van der Waals surface area contributed by atoms with Gasteiger partial charge in [0.2, 0.25) is 0 Å². The fourth-order valence-electron chi connectivity index (χ4n) is 3.33. The van der Waals surface area contributed by atoms with Crippen LogP contribution in [0.25, 0.3) is 11.0 Å². The lowest BCUT2D eigenvalue weighted by molar-refractivity contribution is -0.384. The molecule has 1 heterocycles. The first-order valence-corrected chi connectivity index (χ1v) is 11.9. The van der Waals surface area contributed by atoms with Crippen molar-refractivity contribution in [3.8, 4) is 11.5 Å². The van der Waals surface area contributed by atoms with E-state index in [4.69, 9.17) is 48.7 Å². The van der Waals surface area contributed by atoms with E-state index in [9.17, 15) is 14.9 Å². The van der Waals surface area contributed by atoms with Crippen molar-refractivity contribution < 1.29 is 23.6 Å². The maximum atomic E-state index is 12.4. The summed E-state index contributed by atoms with van der Waals surface area (Å²) in [6.07, 6.45) is 1.38. The predicted octanol–water partition coefficient (Wildman–Crippen LogP) is 7.04. The zero-order chi connectivity index (χ0) is 26.5. The molecule has 4 aromatic rings. The highest BCUT2D eigenvalue weighted by atomic mass is 35.5. The lowest BCUT2D eigenvalue weighted by atomic mass is 10.2. The zero-order valence-corrected chi connectivity index (χ0v) is 21.4. The molecule has 9 nitrogen and oxygen atoms in total. The summed E-state index contributed by atoms with van der Waals surface area (Å²) in [4.78, 5) is 22.8. The third-order valence-electron chi connectivity index (χ3n) is 5.01. The first kappa shape index (κ1) is 26.3. The summed E-state index contributed by atoms with van der Waals surface area (Å²) in [6, 6.07) is 13.9. The number of halogens is 3. The Hall–Kier alpha value is -3.79. The molecule has 0 spiro atoms. The van der Waals surface area contributed by atoms with E-state index in [1.54, 1.807) is 30.3 Å². The molecular weight excluding hydrogens is 545 g/mol. The second kappa shape index (κ2) is 11.5. The molecule has 0 saturated carbocycles. The summed E-state index contributed by atoms with van der Waals surface area (Å²) in [5, 5.41) is 16.4. The standard InChI is InChI=1S/C25H18Cl3N3O6/c1-2-35-22-9-15(8-20(28)24(22)36-13-14-3-5-18(26)19(27)7-14)12-29-30-25(32)23-11-16-10-17(31(33)34)4-6-21(16)37-23/h3-12H,2,13H2,1H3,(H,30,32)/b29-12+. The fraction of sp³-hybridized carbons (Fsp3) is 0.120. The van der Waals surface area contributed by atoms with Crippen molar-refractivity contribution >= 4 is 63.6 Å². The monoisotopic (exact) mass is 561 g/mol. The molecule has 0 saturated heterocycles. The van der Waals surface area contributed by atoms with Gasteiger partial charge in [0, 0.05) is 17.5 Å². The number of carbonyl (C=O) groups excluding carboxylic acids is 1. The van der Waals surface area contributed by atoms with Crippen LogP contribution in [-0.4, -0.2) is 23.7 Å². The van der Waals surface area contributed by atoms with Gasteiger partial charge in [-0.05, 0) is 54.4 Å². The van der Waals surface area contributed by atoms with Crippen molar-refractivity contribution in [2.45, 2.75) is 13.5 Å². The number of amides is 1. The molecule has 0 aliphatic carbocycles. The van der Waals surface area contributed by atoms with E-state index < -0.39 is 10.8 Å². The van der Waals surface area contributed by atoms with Gasteiger partial charge < -0.3 is 13.9 Å². The molecule has 0 radical (unpaired) electrons. The van der Waals surface area contributed by atoms with E-state index in [-0.39, 0.29) is 23.1 Å². The molecule has 1 N–H and O–H groups in total. The van der Waals surface area contributed by atoms with Crippen molar-refractivity contribution in [2.24, 2.45) is 5.10 Å². The van der Waals surface area contributed by atoms with E-state index in [0.29, 0.717) is 44.7 Å². The lowest BCUT2D eigenvalue weighted by Gasteiger charge is -2.14. The topological polar surface area (TPSA) is 116 Å². The first-order valence-electron chi connectivity index (χ1n) is 10.8. The predicted molar refractivity (Wildman–Crippen MR) is 141 cm³/mol. The lowest BCUT2D eigenvalue weighted by Crippen LogP contribution is -2.16. The number of carbonyl (C=O) groups is 1. The van der Waals surface area contributed by atoms with E-state index in [1.807, 2.05) is 6.92 Å². The molecule has 0 fully saturated rings. The Bertz CT molecular complexity index is 1520. The van der Waals surface area contributed by atoms with Crippen molar-refractivity contribution in [3.05, 3.63) is 96.7 Å². The van der Waals surface area contributed by atoms with E-state index >= 15 is 0 Å². The van der Waals surface area contributed by atoms with Gasteiger partial charge in [0.05, 0.1) is 32.8 Å². The number of ether oxygens (including phenoxy) is 2. The van der Waals surface area contributed by atoms with E-state index in [0.717, 1.165) is 5.56 Å². The number of nitrogens with one attached hydrogen (secondary N) is 1. The zero-order valence-electron chi connectivity index (χ0n) is 19.2. The number of non-ortho nitro benzene ring substituents is 1. The molecule has 0 atom stereocenters. The van der Waals surface area contributed by atoms with Crippen LogP contribution in [0.5, 0.6) is 11.5 Å². The summed E-state index contributed by atoms with van der Waals surface area (Å²) in [5.41, 5.74) is 3.91. The number of nitro groups is 1. The van der Waals surface area contributed by atoms with Crippen LogP contribution in [0.15, 0.2) is 64.1 Å². The molecule has 0 aliphatic heterocycles. The Morgan fingerprint density at radius 1 is 1.05 bits per heavy atom. The normalized spacial score (nSPS) is 11.1. The molecule has 0 unspecified atom stereocenters. The van der Waals surface area contributed by atoms with Gasteiger partial charge in [-0.2, -0.15) is 5.10 Å². The fourth-order valence-corrected chi connectivity index (χ4v) is 3.92. The minimum atomic E-state index is -0.632. The Labute approximate surface area is 225 Å². The van der Waals surface area contributed by atoms with Crippen LogP contribution in [0.1, 0.15) is 28.6 Å². The number of fused-ring (bicyclic) bond motifs is 1. The maximum absolute atomic E-state index is 12.4. The first-order chi connectivity index (χ1) is 17.7. The van der Waals surface area contributed by atoms with Crippen LogP contribution in [0.4, 0.5) is 5.69 Å². The minimum absolute atomic E-state index is 0.0493. The third kappa shape index (κ3) is 6.32. The van der Waals surface area contributed by atoms with Crippen molar-refractivity contribution in [1.82, 2.24) is 5.43 Å². The molecule has 3 aromatic carbocycles. The second-order valence-corrected chi connectivity index (χ2v) is 8.81. The van der Waals surface area contributed by atoms with Gasteiger partial charge >= 0.3 is 5.91 Å². The van der Waals surface area contributed by atoms with Gasteiger partial charge in [0.1, 0.15) is 12.2 Å². The number of hydrogen-bond donors (Lipinski definition) is 1. The van der Waals surface area contributed by atoms with Gasteiger partial charge in [-0.1, -0.05) is 40.9 Å². The van der Waals surface area contributed by atoms with Crippen molar-refractivity contribution in [1.29, 1.82) is 0 Å². The SMILES string of the molecule is CCOc1cc(/C=N/NC(=O)c2cc3cc([N+](=O)[O-])ccc3o2)cc(Cl)c1OCc1ccc(Cl)c(Cl)c1. The quantitative estimate of drug-likeness (QED) is 0.133. The second-order valence-electron chi connectivity index (χ2n) is 7.59. The Morgan fingerprint density at radius 3 is 2.59 bits per heavy atom. The molecule has 1 aromatic heterocycles. The maximum Gasteiger partial charge on any atom is 0.307 e. The van der Waals surface area contributed by atoms with Gasteiger partial charge in [0.15, 0.2) is 17.3 Å². The highest BCUT2D eigenvalue weighted by Crippen LogP contribution is 2.37. The van der Waals surface area contributed by atoms with Crippen LogP contribution in [-0.2, 0) is 6.61 Å². The largest absolute Gasteiger partial charge is 0.490 e. The molecule has 0 aliphatic rings. The Morgan fingerprint density at radius 2 is 1.86 bits per heavy atom. The van der Waals surface area contributed by atoms with Crippen LogP contribution in [0.3, 0.4) is 0 Å². The average molecular weight is 563 g/mol. The minimum Gasteiger partial charge on any atom is -0.490 e. The summed E-state index contributed by atoms with van der Waals surface area (Å²) >= 11 is 18.5. The molecule has 1 amide bonds. The number of nitrogens with zero attached hydrogens (tertiary/aromatic N) is 2. The van der Waals surface area contributed by atoms with Gasteiger partial charge in [-0.3, -0.25) is 14.9 Å². The van der Waals surface area contributed by atoms with Crippen LogP contribution in [0.2, 0.25) is 15.1 Å². The van der Waals surface area contributed by atoms with Crippen molar-refractivity contribution in [3.63, 3.8) is 0 Å². The third-order valence-corrected chi connectivity index (χ3v) is 6.03. The number of furan rings is 1. The molecular formula is C25H18Cl3N3O6. The smallest absolute Gasteiger partial charge is 0.307 e. The highest BCUT2D eigenvalue weighted by molar-refractivity contribution is 6.42. The van der Waals surface area contributed by atoms with Gasteiger partial charge in [-0.25, -0.2) is 5.43 Å². The number of rotatable bonds is 9. The summed E-state index contributed by atoms with van der Waals surface area (Å²) < 4.78 is 17.0. The summed E-state index contributed by atoms with van der Waals surface area (Å²) in [6.45, 7) is 2.36. The number of hydrazone groups is 1. The van der Waals surface area contributed by atoms with Crippen LogP contribution in [0, 0.1) is 10.1 Å². The van der Waals surface area contributed by atoms with E-state index in [2.05, 4.69) is 10.5 Å². The molecule has 4 rings (SSSR count). The summed E-state index contributed by atoms with van der Waals surface area (Å²) in [7, 11) is 0. The summed E-state index contributed by atoms with van der Waals surface area (Å²) in [5.74, 6) is 0.0495. The van der Waals surface area contributed by atoms with Crippen LogP contribution >= 0.6 is 34.8 Å². The van der Waals surface area contributed by atoms with E-state index in [1.165, 1.54) is 30.5 Å². The Balaban J connectivity index is 1.46. The molecule has 37 heavy (non-hydrogen) atoms. The molecule has 0 bridgehead atoms. The Kier molecular flexibility index (Phi) is 8.17. The number of nitro benzene ring substituents is 1. The molecule has 190 valence electrons. The van der Waals surface area contributed by atoms with Crippen LogP contribution < -0.4 is 14.9 Å². The van der Waals surface area contributed by atoms with Gasteiger partial charge in [0.25, 0.3) is 5.69 Å².